The molecule has 1 spiro atoms. The van der Waals surface area contributed by atoms with E-state index in [0.717, 1.165) is 32.1 Å². The molecule has 0 unspecified atom stereocenters. The van der Waals surface area contributed by atoms with Crippen molar-refractivity contribution in [2.45, 2.75) is 64.0 Å². The van der Waals surface area contributed by atoms with Crippen LogP contribution in [0.2, 0.25) is 0 Å². The Labute approximate surface area is 240 Å². The number of rotatable bonds is 5. The summed E-state index contributed by atoms with van der Waals surface area (Å²) in [6, 6.07) is 2.72. The van der Waals surface area contributed by atoms with E-state index in [0.29, 0.717) is 76.7 Å². The molecule has 0 aromatic heterocycles. The molecular weight excluding hydrogens is 534 g/mol. The van der Waals surface area contributed by atoms with Crippen molar-refractivity contribution < 1.29 is 32.6 Å². The van der Waals surface area contributed by atoms with E-state index >= 15 is 0 Å². The number of nitrogens with zero attached hydrogens (tertiary/aromatic N) is 4. The van der Waals surface area contributed by atoms with Crippen LogP contribution in [0.4, 0.5) is 18.4 Å². The molecule has 0 atom stereocenters. The first kappa shape index (κ1) is 29.5. The lowest BCUT2D eigenvalue weighted by atomic mass is 9.81. The first-order valence-corrected chi connectivity index (χ1v) is 14.9. The molecule has 3 aliphatic heterocycles. The first-order valence-electron chi connectivity index (χ1n) is 14.9. The number of methoxy groups -OCH3 is 1. The molecule has 0 N–H and O–H groups in total. The molecule has 3 heterocycles. The van der Waals surface area contributed by atoms with Gasteiger partial charge in [0.2, 0.25) is 5.91 Å². The maximum atomic E-state index is 14.3. The minimum absolute atomic E-state index is 0.0136. The number of amides is 3. The van der Waals surface area contributed by atoms with E-state index in [2.05, 4.69) is 0 Å². The van der Waals surface area contributed by atoms with Gasteiger partial charge >= 0.3 is 12.2 Å². The summed E-state index contributed by atoms with van der Waals surface area (Å²) >= 11 is 0. The minimum Gasteiger partial charge on any atom is -0.453 e. The molecule has 1 saturated carbocycles. The monoisotopic (exact) mass is 576 g/mol. The van der Waals surface area contributed by atoms with Crippen molar-refractivity contribution in [1.29, 1.82) is 0 Å². The highest BCUT2D eigenvalue weighted by atomic mass is 19.1. The van der Waals surface area contributed by atoms with Crippen LogP contribution in [-0.4, -0.2) is 103 Å². The number of carbonyl (C=O) groups excluding carboxylic acids is 3. The summed E-state index contributed by atoms with van der Waals surface area (Å²) in [6.07, 6.45) is 4.75. The van der Waals surface area contributed by atoms with Gasteiger partial charge in [-0.3, -0.25) is 9.69 Å². The van der Waals surface area contributed by atoms with Gasteiger partial charge in [0.25, 0.3) is 0 Å². The second-order valence-electron chi connectivity index (χ2n) is 12.3. The molecule has 4 fully saturated rings. The molecule has 1 aromatic rings. The zero-order valence-electron chi connectivity index (χ0n) is 24.2. The van der Waals surface area contributed by atoms with Gasteiger partial charge in [0, 0.05) is 76.7 Å². The van der Waals surface area contributed by atoms with Gasteiger partial charge in [-0.15, -0.1) is 0 Å². The van der Waals surface area contributed by atoms with Crippen molar-refractivity contribution >= 4 is 18.1 Å². The predicted octanol–water partition coefficient (Wildman–Crippen LogP) is 4.17. The quantitative estimate of drug-likeness (QED) is 0.524. The van der Waals surface area contributed by atoms with Gasteiger partial charge in [-0.1, -0.05) is 0 Å². The van der Waals surface area contributed by atoms with Crippen LogP contribution in [0.1, 0.15) is 56.1 Å². The highest BCUT2D eigenvalue weighted by molar-refractivity contribution is 5.79. The topological polar surface area (TPSA) is 82.6 Å². The van der Waals surface area contributed by atoms with Crippen LogP contribution in [0.5, 0.6) is 0 Å². The average molecular weight is 577 g/mol. The van der Waals surface area contributed by atoms with Gasteiger partial charge in [0.1, 0.15) is 17.2 Å². The molecule has 4 aliphatic rings. The third-order valence-electron chi connectivity index (χ3n) is 9.39. The summed E-state index contributed by atoms with van der Waals surface area (Å²) in [5, 5.41) is 0. The molecule has 1 aromatic carbocycles. The Balaban J connectivity index is 1.06. The molecule has 0 bridgehead atoms. The fourth-order valence-corrected chi connectivity index (χ4v) is 6.93. The fraction of sp³-hybridized carbons (Fsp3) is 0.700. The molecule has 1 aliphatic carbocycles. The number of halogens is 2. The van der Waals surface area contributed by atoms with Gasteiger partial charge in [-0.2, -0.15) is 0 Å². The normalized spacial score (nSPS) is 25.3. The Kier molecular flexibility index (Phi) is 9.01. The Bertz CT molecular complexity index is 1110. The molecule has 3 amide bonds. The van der Waals surface area contributed by atoms with Crippen molar-refractivity contribution in [3.8, 4) is 0 Å². The van der Waals surface area contributed by atoms with Gasteiger partial charge in [0.05, 0.1) is 13.7 Å². The number of aryl methyl sites for hydroxylation is 1. The van der Waals surface area contributed by atoms with E-state index in [-0.39, 0.29) is 36.1 Å². The van der Waals surface area contributed by atoms with Gasteiger partial charge in [-0.05, 0) is 62.6 Å². The Morgan fingerprint density at radius 1 is 0.976 bits per heavy atom. The smallest absolute Gasteiger partial charge is 0.410 e. The molecular formula is C30H42F2N4O5. The molecule has 5 rings (SSSR count). The lowest BCUT2D eigenvalue weighted by Crippen LogP contribution is -2.47. The van der Waals surface area contributed by atoms with Crippen LogP contribution in [0, 0.1) is 30.4 Å². The minimum atomic E-state index is -0.546. The highest BCUT2D eigenvalue weighted by Gasteiger charge is 2.47. The van der Waals surface area contributed by atoms with Crippen LogP contribution < -0.4 is 0 Å². The van der Waals surface area contributed by atoms with E-state index in [1.807, 2.05) is 14.7 Å². The van der Waals surface area contributed by atoms with Crippen LogP contribution in [0.3, 0.4) is 0 Å². The van der Waals surface area contributed by atoms with Crippen molar-refractivity contribution in [2.75, 3.05) is 59.5 Å². The second-order valence-corrected chi connectivity index (χ2v) is 12.3. The van der Waals surface area contributed by atoms with Crippen molar-refractivity contribution in [1.82, 2.24) is 19.6 Å². The van der Waals surface area contributed by atoms with Crippen LogP contribution in [0.15, 0.2) is 12.1 Å². The number of carbonyl (C=O) groups is 3. The molecule has 0 radical (unpaired) electrons. The lowest BCUT2D eigenvalue weighted by molar-refractivity contribution is -0.136. The summed E-state index contributed by atoms with van der Waals surface area (Å²) in [5.41, 5.74) is 0.102. The average Bonchev–Trinajstić information content (AvgIpc) is 3.10. The zero-order valence-corrected chi connectivity index (χ0v) is 24.2. The van der Waals surface area contributed by atoms with Crippen molar-refractivity contribution in [2.24, 2.45) is 11.8 Å². The predicted molar refractivity (Wildman–Crippen MR) is 147 cm³/mol. The van der Waals surface area contributed by atoms with Gasteiger partial charge in [-0.25, -0.2) is 18.4 Å². The Hall–Kier alpha value is -2.95. The van der Waals surface area contributed by atoms with Crippen molar-refractivity contribution in [3.63, 3.8) is 0 Å². The van der Waals surface area contributed by atoms with E-state index in [4.69, 9.17) is 9.47 Å². The zero-order chi connectivity index (χ0) is 29.1. The maximum absolute atomic E-state index is 14.3. The van der Waals surface area contributed by atoms with Gasteiger partial charge < -0.3 is 24.2 Å². The van der Waals surface area contributed by atoms with E-state index < -0.39 is 17.2 Å². The number of piperidine rings is 1. The first-order chi connectivity index (χ1) is 19.7. The number of hydrogen-bond donors (Lipinski definition) is 0. The molecule has 11 heteroatoms. The number of hydrogen-bond acceptors (Lipinski definition) is 6. The number of ether oxygens (including phenoxy) is 2. The fourth-order valence-electron chi connectivity index (χ4n) is 6.93. The third kappa shape index (κ3) is 6.76. The third-order valence-corrected chi connectivity index (χ3v) is 9.39. The van der Waals surface area contributed by atoms with Crippen LogP contribution in [-0.2, 0) is 20.8 Å². The van der Waals surface area contributed by atoms with Gasteiger partial charge in [0.15, 0.2) is 0 Å². The summed E-state index contributed by atoms with van der Waals surface area (Å²) in [7, 11) is 1.37. The number of likely N-dealkylation sites (tertiary alicyclic amines) is 1. The second kappa shape index (κ2) is 12.5. The Morgan fingerprint density at radius 3 is 2.27 bits per heavy atom. The summed E-state index contributed by atoms with van der Waals surface area (Å²) in [4.78, 5) is 45.3. The molecule has 41 heavy (non-hydrogen) atoms. The molecule has 3 saturated heterocycles. The standard InChI is InChI=1S/C30H42F2N4O5/c1-21-16-25(31)24(26(32)17-21)19-33-12-8-30(9-13-33)20-36(29(39)41-30)18-22-4-6-23(7-5-22)27(37)34-10-3-11-35(15-14-34)28(38)40-2/h16-17,22-23H,3-15,18-20H2,1-2H3. The van der Waals surface area contributed by atoms with E-state index in [9.17, 15) is 23.2 Å². The largest absolute Gasteiger partial charge is 0.453 e. The summed E-state index contributed by atoms with van der Waals surface area (Å²) in [6.45, 7) is 6.52. The highest BCUT2D eigenvalue weighted by Crippen LogP contribution is 2.37. The van der Waals surface area contributed by atoms with E-state index in [1.165, 1.54) is 19.2 Å². The summed E-state index contributed by atoms with van der Waals surface area (Å²) in [5.74, 6) is -0.552. The van der Waals surface area contributed by atoms with Crippen LogP contribution >= 0.6 is 0 Å². The Morgan fingerprint density at radius 2 is 1.61 bits per heavy atom. The maximum Gasteiger partial charge on any atom is 0.410 e. The number of benzene rings is 1. The molecule has 9 nitrogen and oxygen atoms in total. The van der Waals surface area contributed by atoms with Crippen molar-refractivity contribution in [3.05, 3.63) is 34.9 Å². The summed E-state index contributed by atoms with van der Waals surface area (Å²) < 4.78 is 39.4. The van der Waals surface area contributed by atoms with Crippen LogP contribution in [0.25, 0.3) is 0 Å². The SMILES string of the molecule is COC(=O)N1CCCN(C(=O)C2CCC(CN3CC4(CCN(Cc5c(F)cc(C)cc5F)CC4)OC3=O)CC2)CC1. The lowest BCUT2D eigenvalue weighted by Gasteiger charge is -2.37. The van der Waals surface area contributed by atoms with E-state index in [1.54, 1.807) is 11.8 Å². The molecule has 226 valence electrons.